The molecule has 0 aromatic heterocycles. The molecule has 3 amide bonds. The van der Waals surface area contributed by atoms with Crippen LogP contribution in [0.4, 0.5) is 16.2 Å². The van der Waals surface area contributed by atoms with Crippen molar-refractivity contribution in [3.8, 4) is 0 Å². The number of benzene rings is 2. The van der Waals surface area contributed by atoms with E-state index in [9.17, 15) is 9.59 Å². The number of nitrogens with zero attached hydrogens (tertiary/aromatic N) is 2. The Labute approximate surface area is 183 Å². The van der Waals surface area contributed by atoms with Crippen LogP contribution >= 0.6 is 0 Å². The van der Waals surface area contributed by atoms with Crippen molar-refractivity contribution in [1.82, 2.24) is 10.2 Å². The highest BCUT2D eigenvalue weighted by Crippen LogP contribution is 2.29. The van der Waals surface area contributed by atoms with E-state index in [1.807, 2.05) is 12.1 Å². The summed E-state index contributed by atoms with van der Waals surface area (Å²) in [5, 5.41) is 5.87. The average Bonchev–Trinajstić information content (AvgIpc) is 3.30. The number of urea groups is 1. The first-order valence-electron chi connectivity index (χ1n) is 10.8. The number of hydrogen-bond donors (Lipinski definition) is 2. The van der Waals surface area contributed by atoms with Crippen molar-refractivity contribution in [3.05, 3.63) is 59.2 Å². The van der Waals surface area contributed by atoms with Gasteiger partial charge in [0.15, 0.2) is 0 Å². The van der Waals surface area contributed by atoms with Crippen LogP contribution in [-0.2, 0) is 17.7 Å². The van der Waals surface area contributed by atoms with Crippen LogP contribution in [0.25, 0.3) is 0 Å². The summed E-state index contributed by atoms with van der Waals surface area (Å²) in [5.41, 5.74) is 4.68. The molecule has 0 radical (unpaired) electrons. The molecule has 0 saturated carbocycles. The van der Waals surface area contributed by atoms with Gasteiger partial charge >= 0.3 is 6.03 Å². The molecule has 164 valence electrons. The van der Waals surface area contributed by atoms with Gasteiger partial charge in [-0.25, -0.2) is 4.79 Å². The summed E-state index contributed by atoms with van der Waals surface area (Å²) in [4.78, 5) is 29.0. The molecule has 2 N–H and O–H groups in total. The highest BCUT2D eigenvalue weighted by Gasteiger charge is 2.23. The number of carbonyl (C=O) groups excluding carboxylic acids is 2. The maximum absolute atomic E-state index is 13.2. The van der Waals surface area contributed by atoms with Gasteiger partial charge in [-0.1, -0.05) is 24.3 Å². The molecule has 2 aromatic carbocycles. The molecule has 4 rings (SSSR count). The third-order valence-electron chi connectivity index (χ3n) is 5.88. The van der Waals surface area contributed by atoms with E-state index < -0.39 is 0 Å². The monoisotopic (exact) mass is 422 g/mol. The van der Waals surface area contributed by atoms with Gasteiger partial charge in [-0.15, -0.1) is 0 Å². The lowest BCUT2D eigenvalue weighted by Gasteiger charge is -2.32. The topological polar surface area (TPSA) is 73.9 Å². The molecule has 1 saturated heterocycles. The van der Waals surface area contributed by atoms with Gasteiger partial charge in [0.2, 0.25) is 0 Å². The second-order valence-electron chi connectivity index (χ2n) is 8.34. The largest absolute Gasteiger partial charge is 0.376 e. The number of amides is 3. The van der Waals surface area contributed by atoms with Gasteiger partial charge < -0.3 is 25.2 Å². The zero-order valence-electron chi connectivity index (χ0n) is 18.2. The molecule has 31 heavy (non-hydrogen) atoms. The first-order chi connectivity index (χ1) is 15.0. The lowest BCUT2D eigenvalue weighted by atomic mass is 9.98. The highest BCUT2D eigenvalue weighted by atomic mass is 16.5. The van der Waals surface area contributed by atoms with Gasteiger partial charge in [-0.2, -0.15) is 0 Å². The molecule has 0 aliphatic carbocycles. The Kier molecular flexibility index (Phi) is 6.42. The van der Waals surface area contributed by atoms with E-state index in [-0.39, 0.29) is 18.0 Å². The molecule has 2 aliphatic heterocycles. The van der Waals surface area contributed by atoms with Crippen LogP contribution in [0.2, 0.25) is 0 Å². The molecular formula is C24H30N4O3. The van der Waals surface area contributed by atoms with Gasteiger partial charge in [-0.3, -0.25) is 4.79 Å². The van der Waals surface area contributed by atoms with Crippen LogP contribution in [-0.4, -0.2) is 56.7 Å². The molecular weight excluding hydrogens is 392 g/mol. The van der Waals surface area contributed by atoms with E-state index in [1.54, 1.807) is 20.2 Å². The number of ether oxygens (including phenoxy) is 1. The van der Waals surface area contributed by atoms with Crippen molar-refractivity contribution in [2.75, 3.05) is 44.0 Å². The second-order valence-corrected chi connectivity index (χ2v) is 8.34. The zero-order valence-corrected chi connectivity index (χ0v) is 18.2. The Morgan fingerprint density at radius 1 is 1.16 bits per heavy atom. The van der Waals surface area contributed by atoms with E-state index in [0.29, 0.717) is 17.8 Å². The summed E-state index contributed by atoms with van der Waals surface area (Å²) < 4.78 is 5.64. The van der Waals surface area contributed by atoms with Crippen LogP contribution in [0, 0.1) is 0 Å². The molecule has 2 aromatic rings. The van der Waals surface area contributed by atoms with E-state index in [2.05, 4.69) is 39.8 Å². The molecule has 7 heteroatoms. The van der Waals surface area contributed by atoms with Gasteiger partial charge in [0.1, 0.15) is 0 Å². The van der Waals surface area contributed by atoms with Crippen molar-refractivity contribution in [3.63, 3.8) is 0 Å². The average molecular weight is 423 g/mol. The summed E-state index contributed by atoms with van der Waals surface area (Å²) in [5.74, 6) is -0.148. The first-order valence-corrected chi connectivity index (χ1v) is 10.8. The van der Waals surface area contributed by atoms with Crippen LogP contribution in [0.3, 0.4) is 0 Å². The standard InChI is InChI=1S/C24H30N4O3/c1-27(2)24(30)26-19-9-10-22(28-12-11-17-6-3-4-7-18(17)16-28)21(14-19)23(29)25-15-20-8-5-13-31-20/h3-4,6-7,9-10,14,20H,5,8,11-13,15-16H2,1-2H3,(H,25,29)(H,26,30)/t20-/m0/s1. The van der Waals surface area contributed by atoms with Crippen LogP contribution < -0.4 is 15.5 Å². The van der Waals surface area contributed by atoms with E-state index in [1.165, 1.54) is 16.0 Å². The molecule has 2 aliphatic rings. The molecule has 2 heterocycles. The Morgan fingerprint density at radius 2 is 1.97 bits per heavy atom. The van der Waals surface area contributed by atoms with Gasteiger partial charge in [0, 0.05) is 51.7 Å². The summed E-state index contributed by atoms with van der Waals surface area (Å²) in [6.45, 7) is 2.85. The zero-order chi connectivity index (χ0) is 21.8. The van der Waals surface area contributed by atoms with Crippen molar-refractivity contribution in [1.29, 1.82) is 0 Å². The fraction of sp³-hybridized carbons (Fsp3) is 0.417. The highest BCUT2D eigenvalue weighted by molar-refractivity contribution is 6.02. The lowest BCUT2D eigenvalue weighted by molar-refractivity contribution is 0.0858. The summed E-state index contributed by atoms with van der Waals surface area (Å²) >= 11 is 0. The first kappa shape index (κ1) is 21.2. The number of fused-ring (bicyclic) bond motifs is 1. The number of rotatable bonds is 5. The van der Waals surface area contributed by atoms with Crippen LogP contribution in [0.5, 0.6) is 0 Å². The maximum Gasteiger partial charge on any atom is 0.321 e. The van der Waals surface area contributed by atoms with Gasteiger partial charge in [0.25, 0.3) is 5.91 Å². The van der Waals surface area contributed by atoms with Crippen LogP contribution in [0.15, 0.2) is 42.5 Å². The normalized spacial score (nSPS) is 17.7. The number of anilines is 2. The number of carbonyl (C=O) groups is 2. The third kappa shape index (κ3) is 4.99. The minimum Gasteiger partial charge on any atom is -0.376 e. The number of nitrogens with one attached hydrogen (secondary N) is 2. The fourth-order valence-electron chi connectivity index (χ4n) is 4.12. The van der Waals surface area contributed by atoms with Crippen molar-refractivity contribution < 1.29 is 14.3 Å². The van der Waals surface area contributed by atoms with E-state index in [0.717, 1.165) is 44.6 Å². The minimum absolute atomic E-state index is 0.0749. The molecule has 7 nitrogen and oxygen atoms in total. The Bertz CT molecular complexity index is 954. The third-order valence-corrected chi connectivity index (χ3v) is 5.88. The van der Waals surface area contributed by atoms with Crippen LogP contribution in [0.1, 0.15) is 34.3 Å². The molecule has 0 spiro atoms. The fourth-order valence-corrected chi connectivity index (χ4v) is 4.12. The van der Waals surface area contributed by atoms with E-state index >= 15 is 0 Å². The maximum atomic E-state index is 13.2. The molecule has 1 fully saturated rings. The van der Waals surface area contributed by atoms with Crippen molar-refractivity contribution in [2.24, 2.45) is 0 Å². The molecule has 0 unspecified atom stereocenters. The quantitative estimate of drug-likeness (QED) is 0.776. The SMILES string of the molecule is CN(C)C(=O)Nc1ccc(N2CCc3ccccc3C2)c(C(=O)NC[C@@H]2CCCO2)c1. The predicted octanol–water partition coefficient (Wildman–Crippen LogP) is 3.25. The van der Waals surface area contributed by atoms with Crippen molar-refractivity contribution in [2.45, 2.75) is 31.9 Å². The molecule has 0 bridgehead atoms. The Morgan fingerprint density at radius 3 is 2.71 bits per heavy atom. The molecule has 1 atom stereocenters. The van der Waals surface area contributed by atoms with E-state index in [4.69, 9.17) is 4.74 Å². The Balaban J connectivity index is 1.58. The summed E-state index contributed by atoms with van der Waals surface area (Å²) in [6, 6.07) is 13.8. The van der Waals surface area contributed by atoms with Gasteiger partial charge in [-0.05, 0) is 48.6 Å². The number of hydrogen-bond acceptors (Lipinski definition) is 4. The second kappa shape index (κ2) is 9.39. The lowest BCUT2D eigenvalue weighted by Crippen LogP contribution is -2.35. The minimum atomic E-state index is -0.231. The van der Waals surface area contributed by atoms with Crippen molar-refractivity contribution >= 4 is 23.3 Å². The summed E-state index contributed by atoms with van der Waals surface area (Å²) in [6.07, 6.45) is 3.01. The summed E-state index contributed by atoms with van der Waals surface area (Å²) in [7, 11) is 3.37. The Hall–Kier alpha value is -3.06. The smallest absolute Gasteiger partial charge is 0.321 e. The van der Waals surface area contributed by atoms with Gasteiger partial charge in [0.05, 0.1) is 11.7 Å². The predicted molar refractivity (Wildman–Crippen MR) is 122 cm³/mol.